The average Bonchev–Trinajstić information content (AvgIpc) is 3.10. The number of benzene rings is 2. The summed E-state index contributed by atoms with van der Waals surface area (Å²) in [6.45, 7) is 2.14. The largest absolute Gasteiger partial charge is 0.507 e. The van der Waals surface area contributed by atoms with E-state index in [9.17, 15) is 9.90 Å². The average molecular weight is 358 g/mol. The molecule has 0 atom stereocenters. The van der Waals surface area contributed by atoms with Gasteiger partial charge in [0.2, 0.25) is 0 Å². The normalized spacial score (nSPS) is 10.9. The van der Waals surface area contributed by atoms with E-state index in [2.05, 4.69) is 15.3 Å². The van der Waals surface area contributed by atoms with Gasteiger partial charge in [0.05, 0.1) is 16.6 Å². The first-order valence-electron chi connectivity index (χ1n) is 8.57. The molecule has 0 radical (unpaired) electrons. The quantitative estimate of drug-likeness (QED) is 0.586. The van der Waals surface area contributed by atoms with Gasteiger partial charge < -0.3 is 10.4 Å². The molecule has 0 spiro atoms. The predicted octanol–water partition coefficient (Wildman–Crippen LogP) is 3.36. The number of rotatable bonds is 4. The van der Waals surface area contributed by atoms with Gasteiger partial charge in [-0.25, -0.2) is 9.97 Å². The number of aryl methyl sites for hydroxylation is 1. The van der Waals surface area contributed by atoms with E-state index in [4.69, 9.17) is 0 Å². The molecule has 6 nitrogen and oxygen atoms in total. The molecule has 0 unspecified atom stereocenters. The standard InChI is InChI=1S/C21H18N4O2/c1-14-8-9-16(19(26)11-14)21(27)23-12-15-5-4-10-22-20(15)25-13-24-17-6-2-3-7-18(17)25/h2-11,13,26H,12H2,1H3,(H,23,27). The zero-order chi connectivity index (χ0) is 18.8. The number of nitrogens with zero attached hydrogens (tertiary/aromatic N) is 3. The summed E-state index contributed by atoms with van der Waals surface area (Å²) in [5.41, 5.74) is 3.81. The molecule has 2 heterocycles. The zero-order valence-corrected chi connectivity index (χ0v) is 14.8. The summed E-state index contributed by atoms with van der Waals surface area (Å²) in [6.07, 6.45) is 3.44. The van der Waals surface area contributed by atoms with E-state index in [0.29, 0.717) is 5.82 Å². The van der Waals surface area contributed by atoms with Gasteiger partial charge in [-0.3, -0.25) is 9.36 Å². The Bertz CT molecular complexity index is 1130. The third-order valence-electron chi connectivity index (χ3n) is 4.39. The summed E-state index contributed by atoms with van der Waals surface area (Å²) in [5.74, 6) is 0.344. The van der Waals surface area contributed by atoms with Gasteiger partial charge in [0.1, 0.15) is 17.9 Å². The zero-order valence-electron chi connectivity index (χ0n) is 14.8. The maximum absolute atomic E-state index is 12.4. The topological polar surface area (TPSA) is 80.0 Å². The summed E-state index contributed by atoms with van der Waals surface area (Å²) in [7, 11) is 0. The molecule has 27 heavy (non-hydrogen) atoms. The van der Waals surface area contributed by atoms with Crippen molar-refractivity contribution in [3.63, 3.8) is 0 Å². The van der Waals surface area contributed by atoms with Crippen LogP contribution in [0.3, 0.4) is 0 Å². The minimum Gasteiger partial charge on any atom is -0.507 e. The molecule has 2 aromatic heterocycles. The second kappa shape index (κ2) is 6.92. The van der Waals surface area contributed by atoms with Crippen LogP contribution in [-0.2, 0) is 6.54 Å². The molecular weight excluding hydrogens is 340 g/mol. The third kappa shape index (κ3) is 3.25. The summed E-state index contributed by atoms with van der Waals surface area (Å²) in [5, 5.41) is 12.8. The van der Waals surface area contributed by atoms with Gasteiger partial charge in [-0.05, 0) is 42.8 Å². The summed E-state index contributed by atoms with van der Waals surface area (Å²) >= 11 is 0. The summed E-state index contributed by atoms with van der Waals surface area (Å²) in [6, 6.07) is 16.5. The molecule has 0 aliphatic carbocycles. The lowest BCUT2D eigenvalue weighted by molar-refractivity contribution is 0.0948. The number of hydrogen-bond donors (Lipinski definition) is 2. The lowest BCUT2D eigenvalue weighted by atomic mass is 10.1. The van der Waals surface area contributed by atoms with E-state index in [0.717, 1.165) is 22.2 Å². The van der Waals surface area contributed by atoms with E-state index in [-0.39, 0.29) is 23.8 Å². The second-order valence-electron chi connectivity index (χ2n) is 6.29. The van der Waals surface area contributed by atoms with Gasteiger partial charge in [0, 0.05) is 18.3 Å². The number of aromatic hydroxyl groups is 1. The number of phenolic OH excluding ortho intramolecular Hbond substituents is 1. The molecule has 2 N–H and O–H groups in total. The lowest BCUT2D eigenvalue weighted by Gasteiger charge is -2.12. The minimum atomic E-state index is -0.335. The highest BCUT2D eigenvalue weighted by Crippen LogP contribution is 2.21. The summed E-state index contributed by atoms with van der Waals surface area (Å²) in [4.78, 5) is 21.3. The molecule has 0 saturated carbocycles. The van der Waals surface area contributed by atoms with E-state index in [1.54, 1.807) is 30.7 Å². The number of fused-ring (bicyclic) bond motifs is 1. The number of pyridine rings is 1. The van der Waals surface area contributed by atoms with Crippen LogP contribution in [0.2, 0.25) is 0 Å². The van der Waals surface area contributed by atoms with Gasteiger partial charge in [0.15, 0.2) is 0 Å². The van der Waals surface area contributed by atoms with Crippen molar-refractivity contribution < 1.29 is 9.90 Å². The van der Waals surface area contributed by atoms with Crippen LogP contribution in [0.4, 0.5) is 0 Å². The van der Waals surface area contributed by atoms with Crippen LogP contribution in [-0.4, -0.2) is 25.5 Å². The van der Waals surface area contributed by atoms with E-state index in [1.165, 1.54) is 0 Å². The van der Waals surface area contributed by atoms with Crippen molar-refractivity contribution in [3.05, 3.63) is 83.8 Å². The van der Waals surface area contributed by atoms with Crippen molar-refractivity contribution in [2.75, 3.05) is 0 Å². The van der Waals surface area contributed by atoms with Crippen molar-refractivity contribution in [2.45, 2.75) is 13.5 Å². The van der Waals surface area contributed by atoms with E-state index >= 15 is 0 Å². The SMILES string of the molecule is Cc1ccc(C(=O)NCc2cccnc2-n2cnc3ccccc32)c(O)c1. The maximum Gasteiger partial charge on any atom is 0.255 e. The molecule has 134 valence electrons. The van der Waals surface area contributed by atoms with Crippen LogP contribution in [0.15, 0.2) is 67.1 Å². The minimum absolute atomic E-state index is 0.0282. The van der Waals surface area contributed by atoms with Gasteiger partial charge in [-0.2, -0.15) is 0 Å². The molecule has 4 aromatic rings. The Kier molecular flexibility index (Phi) is 4.30. The Hall–Kier alpha value is -3.67. The van der Waals surface area contributed by atoms with Gasteiger partial charge in [-0.1, -0.05) is 24.3 Å². The van der Waals surface area contributed by atoms with Crippen molar-refractivity contribution in [3.8, 4) is 11.6 Å². The molecule has 0 aliphatic rings. The molecule has 2 aromatic carbocycles. The predicted molar refractivity (Wildman–Crippen MR) is 103 cm³/mol. The van der Waals surface area contributed by atoms with Gasteiger partial charge >= 0.3 is 0 Å². The van der Waals surface area contributed by atoms with Crippen molar-refractivity contribution in [1.29, 1.82) is 0 Å². The number of phenols is 1. The van der Waals surface area contributed by atoms with Crippen molar-refractivity contribution >= 4 is 16.9 Å². The lowest BCUT2D eigenvalue weighted by Crippen LogP contribution is -2.23. The van der Waals surface area contributed by atoms with Crippen LogP contribution in [0.5, 0.6) is 5.75 Å². The molecule has 0 fully saturated rings. The number of hydrogen-bond acceptors (Lipinski definition) is 4. The third-order valence-corrected chi connectivity index (χ3v) is 4.39. The number of aromatic nitrogens is 3. The van der Waals surface area contributed by atoms with Crippen molar-refractivity contribution in [2.24, 2.45) is 0 Å². The molecule has 4 rings (SSSR count). The fraction of sp³-hybridized carbons (Fsp3) is 0.0952. The van der Waals surface area contributed by atoms with E-state index < -0.39 is 0 Å². The fourth-order valence-corrected chi connectivity index (χ4v) is 3.02. The molecule has 0 bridgehead atoms. The number of nitrogens with one attached hydrogen (secondary N) is 1. The first-order valence-corrected chi connectivity index (χ1v) is 8.57. The van der Waals surface area contributed by atoms with Gasteiger partial charge in [-0.15, -0.1) is 0 Å². The van der Waals surface area contributed by atoms with Crippen LogP contribution in [0, 0.1) is 6.92 Å². The first kappa shape index (κ1) is 16.8. The van der Waals surface area contributed by atoms with Crippen molar-refractivity contribution in [1.82, 2.24) is 19.9 Å². The summed E-state index contributed by atoms with van der Waals surface area (Å²) < 4.78 is 1.90. The molecule has 6 heteroatoms. The number of para-hydroxylation sites is 2. The molecular formula is C21H18N4O2. The Labute approximate surface area is 156 Å². The van der Waals surface area contributed by atoms with Crippen LogP contribution < -0.4 is 5.32 Å². The number of imidazole rings is 1. The molecule has 0 aliphatic heterocycles. The Morgan fingerprint density at radius 2 is 1.96 bits per heavy atom. The first-order chi connectivity index (χ1) is 13.1. The number of carbonyl (C=O) groups excluding carboxylic acids is 1. The monoisotopic (exact) mass is 358 g/mol. The van der Waals surface area contributed by atoms with Gasteiger partial charge in [0.25, 0.3) is 5.91 Å². The Balaban J connectivity index is 1.61. The van der Waals surface area contributed by atoms with Crippen LogP contribution >= 0.6 is 0 Å². The smallest absolute Gasteiger partial charge is 0.255 e. The Morgan fingerprint density at radius 3 is 2.81 bits per heavy atom. The fourth-order valence-electron chi connectivity index (χ4n) is 3.02. The second-order valence-corrected chi connectivity index (χ2v) is 6.29. The highest BCUT2D eigenvalue weighted by atomic mass is 16.3. The van der Waals surface area contributed by atoms with E-state index in [1.807, 2.05) is 47.9 Å². The van der Waals surface area contributed by atoms with Crippen LogP contribution in [0.25, 0.3) is 16.9 Å². The molecule has 0 saturated heterocycles. The highest BCUT2D eigenvalue weighted by molar-refractivity contribution is 5.96. The number of carbonyl (C=O) groups is 1. The highest BCUT2D eigenvalue weighted by Gasteiger charge is 2.13. The Morgan fingerprint density at radius 1 is 1.11 bits per heavy atom. The van der Waals surface area contributed by atoms with Crippen LogP contribution in [0.1, 0.15) is 21.5 Å². The maximum atomic E-state index is 12.4. The molecule has 1 amide bonds. The number of amides is 1.